The van der Waals surface area contributed by atoms with Crippen LogP contribution in [0.2, 0.25) is 8.67 Å². The minimum atomic E-state index is -4.00. The normalized spacial score (nSPS) is 11.5. The Morgan fingerprint density at radius 2 is 1.95 bits per heavy atom. The van der Waals surface area contributed by atoms with Gasteiger partial charge in [-0.05, 0) is 18.2 Å². The number of phenols is 1. The highest BCUT2D eigenvalue weighted by Crippen LogP contribution is 2.36. The van der Waals surface area contributed by atoms with Crippen LogP contribution in [0.3, 0.4) is 0 Å². The lowest BCUT2D eigenvalue weighted by atomic mass is 10.3. The highest BCUT2D eigenvalue weighted by Gasteiger charge is 2.22. The Balaban J connectivity index is 2.39. The van der Waals surface area contributed by atoms with Crippen LogP contribution in [0.15, 0.2) is 29.2 Å². The molecule has 9 heteroatoms. The van der Waals surface area contributed by atoms with E-state index in [1.54, 1.807) is 0 Å². The van der Waals surface area contributed by atoms with E-state index in [2.05, 4.69) is 4.72 Å². The summed E-state index contributed by atoms with van der Waals surface area (Å²) in [5, 5.41) is 9.45. The summed E-state index contributed by atoms with van der Waals surface area (Å²) in [4.78, 5) is -0.201. The molecule has 0 radical (unpaired) electrons. The zero-order valence-corrected chi connectivity index (χ0v) is 12.2. The quantitative estimate of drug-likeness (QED) is 0.836. The van der Waals surface area contributed by atoms with Crippen molar-refractivity contribution in [2.45, 2.75) is 4.90 Å². The van der Waals surface area contributed by atoms with Crippen LogP contribution in [-0.2, 0) is 10.0 Å². The first-order chi connectivity index (χ1) is 8.79. The summed E-state index contributed by atoms with van der Waals surface area (Å²) < 4.78 is 39.2. The Bertz CT molecular complexity index is 730. The van der Waals surface area contributed by atoms with E-state index in [0.717, 1.165) is 29.5 Å². The molecule has 0 spiro atoms. The Labute approximate surface area is 122 Å². The molecule has 0 saturated heterocycles. The molecule has 1 aromatic carbocycles. The van der Waals surface area contributed by atoms with Gasteiger partial charge in [0, 0.05) is 6.07 Å². The van der Waals surface area contributed by atoms with Gasteiger partial charge in [-0.1, -0.05) is 23.2 Å². The number of phenolic OH excluding ortho intramolecular Hbond substituents is 1. The summed E-state index contributed by atoms with van der Waals surface area (Å²) in [7, 11) is -4.00. The maximum Gasteiger partial charge on any atom is 0.264 e. The fourth-order valence-corrected chi connectivity index (χ4v) is 4.52. The van der Waals surface area contributed by atoms with Crippen LogP contribution in [-0.4, -0.2) is 13.5 Å². The van der Waals surface area contributed by atoms with Gasteiger partial charge >= 0.3 is 0 Å². The molecule has 0 bridgehead atoms. The van der Waals surface area contributed by atoms with Gasteiger partial charge in [0.25, 0.3) is 10.0 Å². The van der Waals surface area contributed by atoms with Crippen LogP contribution in [0.5, 0.6) is 5.75 Å². The molecule has 0 aliphatic carbocycles. The van der Waals surface area contributed by atoms with Crippen molar-refractivity contribution in [3.05, 3.63) is 38.8 Å². The Hall–Kier alpha value is -1.02. The second kappa shape index (κ2) is 5.16. The van der Waals surface area contributed by atoms with Gasteiger partial charge < -0.3 is 5.11 Å². The highest BCUT2D eigenvalue weighted by atomic mass is 35.5. The number of nitrogens with one attached hydrogen (secondary N) is 1. The minimum Gasteiger partial charge on any atom is -0.506 e. The van der Waals surface area contributed by atoms with Crippen LogP contribution in [0.1, 0.15) is 0 Å². The second-order valence-corrected chi connectivity index (χ2v) is 7.39. The SMILES string of the molecule is O=S(=O)(Nc1ccc(F)cc1O)c1cc(Cl)sc1Cl. The van der Waals surface area contributed by atoms with Crippen molar-refractivity contribution >= 4 is 50.2 Å². The summed E-state index contributed by atoms with van der Waals surface area (Å²) in [5.41, 5.74) is -0.153. The molecule has 1 aromatic heterocycles. The lowest BCUT2D eigenvalue weighted by Gasteiger charge is -2.08. The molecule has 0 atom stereocenters. The van der Waals surface area contributed by atoms with Crippen LogP contribution in [0.4, 0.5) is 10.1 Å². The molecular weight excluding hydrogens is 336 g/mol. The molecule has 4 nitrogen and oxygen atoms in total. The monoisotopic (exact) mass is 341 g/mol. The highest BCUT2D eigenvalue weighted by molar-refractivity contribution is 7.93. The van der Waals surface area contributed by atoms with Crippen molar-refractivity contribution in [2.24, 2.45) is 0 Å². The Morgan fingerprint density at radius 1 is 1.26 bits per heavy atom. The minimum absolute atomic E-state index is 0.000832. The van der Waals surface area contributed by atoms with Crippen molar-refractivity contribution in [1.29, 1.82) is 0 Å². The first kappa shape index (κ1) is 14.4. The lowest BCUT2D eigenvalue weighted by molar-refractivity contribution is 0.471. The smallest absolute Gasteiger partial charge is 0.264 e. The van der Waals surface area contributed by atoms with Crippen LogP contribution in [0, 0.1) is 5.82 Å². The lowest BCUT2D eigenvalue weighted by Crippen LogP contribution is -2.12. The molecule has 0 fully saturated rings. The number of benzene rings is 1. The van der Waals surface area contributed by atoms with Gasteiger partial charge in [0.2, 0.25) is 0 Å². The fraction of sp³-hybridized carbons (Fsp3) is 0. The Morgan fingerprint density at radius 3 is 2.47 bits per heavy atom. The average Bonchev–Trinajstić information content (AvgIpc) is 2.63. The Kier molecular flexibility index (Phi) is 3.91. The van der Waals surface area contributed by atoms with Gasteiger partial charge in [-0.3, -0.25) is 4.72 Å². The second-order valence-electron chi connectivity index (χ2n) is 3.46. The number of aromatic hydroxyl groups is 1. The molecule has 0 aliphatic heterocycles. The zero-order chi connectivity index (χ0) is 14.2. The van der Waals surface area contributed by atoms with E-state index in [1.165, 1.54) is 6.07 Å². The molecule has 2 aromatic rings. The maximum absolute atomic E-state index is 12.8. The molecular formula is C10H6Cl2FNO3S2. The largest absolute Gasteiger partial charge is 0.506 e. The number of hydrogen-bond donors (Lipinski definition) is 2. The fourth-order valence-electron chi connectivity index (χ4n) is 1.30. The van der Waals surface area contributed by atoms with E-state index in [-0.39, 0.29) is 19.3 Å². The van der Waals surface area contributed by atoms with Crippen molar-refractivity contribution in [2.75, 3.05) is 4.72 Å². The molecule has 0 unspecified atom stereocenters. The van der Waals surface area contributed by atoms with E-state index >= 15 is 0 Å². The molecule has 0 saturated carbocycles. The van der Waals surface area contributed by atoms with Crippen molar-refractivity contribution in [1.82, 2.24) is 0 Å². The zero-order valence-electron chi connectivity index (χ0n) is 9.02. The third-order valence-electron chi connectivity index (χ3n) is 2.12. The summed E-state index contributed by atoms with van der Waals surface area (Å²) in [6, 6.07) is 4.10. The summed E-state index contributed by atoms with van der Waals surface area (Å²) in [5.74, 6) is -1.21. The number of halogens is 3. The predicted molar refractivity (Wildman–Crippen MR) is 73.2 cm³/mol. The van der Waals surface area contributed by atoms with E-state index in [4.69, 9.17) is 23.2 Å². The number of hydrogen-bond acceptors (Lipinski definition) is 4. The van der Waals surface area contributed by atoms with Gasteiger partial charge in [0.15, 0.2) is 0 Å². The van der Waals surface area contributed by atoms with Crippen molar-refractivity contribution < 1.29 is 17.9 Å². The number of rotatable bonds is 3. The third-order valence-corrected chi connectivity index (χ3v) is 5.24. The third kappa shape index (κ3) is 3.11. The van der Waals surface area contributed by atoms with Gasteiger partial charge in [0.1, 0.15) is 20.8 Å². The van der Waals surface area contributed by atoms with E-state index < -0.39 is 21.6 Å². The maximum atomic E-state index is 12.8. The predicted octanol–water partition coefficient (Wildman–Crippen LogP) is 3.70. The van der Waals surface area contributed by atoms with Gasteiger partial charge in [0.05, 0.1) is 10.0 Å². The van der Waals surface area contributed by atoms with E-state index in [1.807, 2.05) is 0 Å². The van der Waals surface area contributed by atoms with Gasteiger partial charge in [-0.15, -0.1) is 11.3 Å². The van der Waals surface area contributed by atoms with Crippen molar-refractivity contribution in [3.8, 4) is 5.75 Å². The standard InChI is InChI=1S/C10H6Cl2FNO3S2/c11-9-4-8(10(12)18-9)19(16,17)14-6-2-1-5(13)3-7(6)15/h1-4,14-15H. The average molecular weight is 342 g/mol. The van der Waals surface area contributed by atoms with Crippen LogP contribution in [0.25, 0.3) is 0 Å². The van der Waals surface area contributed by atoms with Gasteiger partial charge in [-0.25, -0.2) is 12.8 Å². The topological polar surface area (TPSA) is 66.4 Å². The van der Waals surface area contributed by atoms with Crippen LogP contribution < -0.4 is 4.72 Å². The molecule has 1 heterocycles. The molecule has 2 rings (SSSR count). The summed E-state index contributed by atoms with van der Waals surface area (Å²) >= 11 is 12.3. The van der Waals surface area contributed by atoms with Crippen LogP contribution >= 0.6 is 34.5 Å². The summed E-state index contributed by atoms with van der Waals surface area (Å²) in [6.07, 6.45) is 0. The molecule has 102 valence electrons. The number of sulfonamides is 1. The molecule has 19 heavy (non-hydrogen) atoms. The van der Waals surface area contributed by atoms with E-state index in [0.29, 0.717) is 0 Å². The van der Waals surface area contributed by atoms with Crippen molar-refractivity contribution in [3.63, 3.8) is 0 Å². The molecule has 0 aliphatic rings. The first-order valence-corrected chi connectivity index (χ1v) is 7.81. The van der Waals surface area contributed by atoms with Gasteiger partial charge in [-0.2, -0.15) is 0 Å². The molecule has 2 N–H and O–H groups in total. The molecule has 0 amide bonds. The number of thiophene rings is 1. The first-order valence-electron chi connectivity index (χ1n) is 4.76. The number of anilines is 1. The summed E-state index contributed by atoms with van der Waals surface area (Å²) in [6.45, 7) is 0. The van der Waals surface area contributed by atoms with E-state index in [9.17, 15) is 17.9 Å².